The quantitative estimate of drug-likeness (QED) is 0.748. The van der Waals surface area contributed by atoms with Crippen molar-refractivity contribution in [1.82, 2.24) is 14.9 Å². The van der Waals surface area contributed by atoms with Crippen LogP contribution in [-0.4, -0.2) is 34.7 Å². The number of aryl methyl sites for hydroxylation is 2. The zero-order valence-corrected chi connectivity index (χ0v) is 15.3. The van der Waals surface area contributed by atoms with Gasteiger partial charge in [0.15, 0.2) is 0 Å². The lowest BCUT2D eigenvalue weighted by Crippen LogP contribution is -2.34. The van der Waals surface area contributed by atoms with E-state index in [2.05, 4.69) is 41.9 Å². The van der Waals surface area contributed by atoms with E-state index in [0.717, 1.165) is 50.0 Å². The Morgan fingerprint density at radius 3 is 3.00 bits per heavy atom. The Labute approximate surface area is 149 Å². The summed E-state index contributed by atoms with van der Waals surface area (Å²) in [4.78, 5) is 16.8. The third-order valence-corrected chi connectivity index (χ3v) is 4.76. The molecule has 2 aromatic rings. The van der Waals surface area contributed by atoms with Crippen LogP contribution < -0.4 is 5.32 Å². The summed E-state index contributed by atoms with van der Waals surface area (Å²) in [5.74, 6) is 1.82. The van der Waals surface area contributed by atoms with Crippen molar-refractivity contribution < 1.29 is 9.53 Å². The van der Waals surface area contributed by atoms with Gasteiger partial charge in [0.1, 0.15) is 11.9 Å². The molecule has 1 N–H and O–H groups in total. The highest BCUT2D eigenvalue weighted by molar-refractivity contribution is 5.80. The highest BCUT2D eigenvalue weighted by Gasteiger charge is 2.22. The van der Waals surface area contributed by atoms with Crippen LogP contribution in [0.1, 0.15) is 45.4 Å². The number of carbonyl (C=O) groups excluding carboxylic acids is 1. The summed E-state index contributed by atoms with van der Waals surface area (Å²) in [7, 11) is 0. The number of aromatic nitrogens is 2. The first-order valence-electron chi connectivity index (χ1n) is 9.48. The van der Waals surface area contributed by atoms with Crippen LogP contribution in [0.3, 0.4) is 0 Å². The number of benzene rings is 1. The van der Waals surface area contributed by atoms with Gasteiger partial charge in [-0.15, -0.1) is 0 Å². The zero-order chi connectivity index (χ0) is 17.6. The Morgan fingerprint density at radius 1 is 1.40 bits per heavy atom. The Hall–Kier alpha value is -1.88. The van der Waals surface area contributed by atoms with Gasteiger partial charge in [0, 0.05) is 26.1 Å². The molecule has 1 aliphatic heterocycles. The lowest BCUT2D eigenvalue weighted by molar-refractivity contribution is -0.130. The van der Waals surface area contributed by atoms with Crippen LogP contribution in [0.5, 0.6) is 0 Å². The number of nitrogens with zero attached hydrogens (tertiary/aromatic N) is 2. The lowest BCUT2D eigenvalue weighted by atomic mass is 10.1. The fourth-order valence-corrected chi connectivity index (χ4v) is 3.31. The van der Waals surface area contributed by atoms with Gasteiger partial charge in [-0.1, -0.05) is 26.0 Å². The Bertz CT molecular complexity index is 702. The number of imidazole rings is 1. The number of ether oxygens (including phenoxy) is 1. The second kappa shape index (κ2) is 8.48. The van der Waals surface area contributed by atoms with Crippen LogP contribution in [0.4, 0.5) is 0 Å². The molecule has 5 heteroatoms. The van der Waals surface area contributed by atoms with E-state index in [1.54, 1.807) is 0 Å². The van der Waals surface area contributed by atoms with Crippen LogP contribution in [0.15, 0.2) is 24.3 Å². The molecule has 1 aromatic carbocycles. The van der Waals surface area contributed by atoms with Crippen molar-refractivity contribution in [1.29, 1.82) is 0 Å². The first kappa shape index (κ1) is 17.9. The summed E-state index contributed by atoms with van der Waals surface area (Å²) < 4.78 is 7.76. The average Bonchev–Trinajstić information content (AvgIpc) is 3.24. The number of amides is 1. The Morgan fingerprint density at radius 2 is 2.24 bits per heavy atom. The van der Waals surface area contributed by atoms with Crippen LogP contribution in [0, 0.1) is 5.92 Å². The molecule has 2 heterocycles. The van der Waals surface area contributed by atoms with Gasteiger partial charge >= 0.3 is 0 Å². The number of nitrogens with one attached hydrogen (secondary N) is 1. The van der Waals surface area contributed by atoms with Crippen molar-refractivity contribution in [3.05, 3.63) is 30.1 Å². The predicted molar refractivity (Wildman–Crippen MR) is 99.5 cm³/mol. The van der Waals surface area contributed by atoms with Crippen LogP contribution >= 0.6 is 0 Å². The van der Waals surface area contributed by atoms with Gasteiger partial charge in [0.05, 0.1) is 11.0 Å². The second-order valence-electron chi connectivity index (χ2n) is 7.25. The van der Waals surface area contributed by atoms with E-state index in [-0.39, 0.29) is 12.0 Å². The van der Waals surface area contributed by atoms with Crippen LogP contribution in [0.2, 0.25) is 0 Å². The maximum atomic E-state index is 12.0. The number of hydrogen-bond donors (Lipinski definition) is 1. The Balaban J connectivity index is 1.58. The van der Waals surface area contributed by atoms with Crippen molar-refractivity contribution in [2.24, 2.45) is 5.92 Å². The maximum Gasteiger partial charge on any atom is 0.249 e. The first-order chi connectivity index (χ1) is 12.1. The molecule has 1 atom stereocenters. The molecule has 0 radical (unpaired) electrons. The molecule has 25 heavy (non-hydrogen) atoms. The SMILES string of the molecule is CC(C)CCn1c(CCCNC(=O)C2CCCO2)nc2ccccc21. The van der Waals surface area contributed by atoms with Crippen molar-refractivity contribution in [3.63, 3.8) is 0 Å². The number of hydrogen-bond acceptors (Lipinski definition) is 3. The molecule has 1 saturated heterocycles. The average molecular weight is 343 g/mol. The number of para-hydroxylation sites is 2. The van der Waals surface area contributed by atoms with Crippen LogP contribution in [0.25, 0.3) is 11.0 Å². The van der Waals surface area contributed by atoms with E-state index in [0.29, 0.717) is 19.1 Å². The van der Waals surface area contributed by atoms with E-state index >= 15 is 0 Å². The van der Waals surface area contributed by atoms with Gasteiger partial charge in [-0.3, -0.25) is 4.79 Å². The topological polar surface area (TPSA) is 56.2 Å². The summed E-state index contributed by atoms with van der Waals surface area (Å²) in [5, 5.41) is 3.00. The van der Waals surface area contributed by atoms with Gasteiger partial charge in [0.2, 0.25) is 5.91 Å². The standard InChI is InChI=1S/C20H29N3O2/c1-15(2)11-13-23-17-8-4-3-7-16(17)22-19(23)10-5-12-21-20(24)18-9-6-14-25-18/h3-4,7-8,15,18H,5-6,9-14H2,1-2H3,(H,21,24). The maximum absolute atomic E-state index is 12.0. The fourth-order valence-electron chi connectivity index (χ4n) is 3.31. The lowest BCUT2D eigenvalue weighted by Gasteiger charge is -2.12. The normalized spacial score (nSPS) is 17.5. The van der Waals surface area contributed by atoms with E-state index in [1.807, 2.05) is 6.07 Å². The van der Waals surface area contributed by atoms with E-state index in [1.165, 1.54) is 5.52 Å². The largest absolute Gasteiger partial charge is 0.368 e. The zero-order valence-electron chi connectivity index (χ0n) is 15.3. The smallest absolute Gasteiger partial charge is 0.249 e. The first-order valence-corrected chi connectivity index (χ1v) is 9.48. The molecular formula is C20H29N3O2. The molecule has 3 rings (SSSR count). The van der Waals surface area contributed by atoms with Crippen molar-refractivity contribution in [2.45, 2.75) is 58.6 Å². The summed E-state index contributed by atoms with van der Waals surface area (Å²) in [6, 6.07) is 8.32. The number of fused-ring (bicyclic) bond motifs is 1. The molecule has 1 unspecified atom stereocenters. The minimum atomic E-state index is -0.240. The summed E-state index contributed by atoms with van der Waals surface area (Å²) >= 11 is 0. The molecule has 1 aliphatic rings. The monoisotopic (exact) mass is 343 g/mol. The number of carbonyl (C=O) groups is 1. The van der Waals surface area contributed by atoms with Crippen molar-refractivity contribution in [2.75, 3.05) is 13.2 Å². The third kappa shape index (κ3) is 4.60. The summed E-state index contributed by atoms with van der Waals surface area (Å²) in [6.45, 7) is 6.87. The second-order valence-corrected chi connectivity index (χ2v) is 7.25. The molecule has 1 fully saturated rings. The van der Waals surface area contributed by atoms with Crippen molar-refractivity contribution in [3.8, 4) is 0 Å². The fraction of sp³-hybridized carbons (Fsp3) is 0.600. The van der Waals surface area contributed by atoms with Gasteiger partial charge in [0.25, 0.3) is 0 Å². The van der Waals surface area contributed by atoms with Crippen molar-refractivity contribution >= 4 is 16.9 Å². The van der Waals surface area contributed by atoms with Gasteiger partial charge in [-0.25, -0.2) is 4.98 Å². The molecule has 136 valence electrons. The van der Waals surface area contributed by atoms with E-state index in [4.69, 9.17) is 9.72 Å². The third-order valence-electron chi connectivity index (χ3n) is 4.76. The molecule has 1 amide bonds. The number of rotatable bonds is 8. The Kier molecular flexibility index (Phi) is 6.08. The minimum absolute atomic E-state index is 0.0332. The molecule has 5 nitrogen and oxygen atoms in total. The van der Waals surface area contributed by atoms with Gasteiger partial charge in [-0.05, 0) is 43.7 Å². The molecule has 0 saturated carbocycles. The predicted octanol–water partition coefficient (Wildman–Crippen LogP) is 3.31. The summed E-state index contributed by atoms with van der Waals surface area (Å²) in [6.07, 6.45) is 4.50. The molecule has 1 aromatic heterocycles. The summed E-state index contributed by atoms with van der Waals surface area (Å²) in [5.41, 5.74) is 2.27. The van der Waals surface area contributed by atoms with Crippen LogP contribution in [-0.2, 0) is 22.5 Å². The highest BCUT2D eigenvalue weighted by atomic mass is 16.5. The van der Waals surface area contributed by atoms with Gasteiger partial charge < -0.3 is 14.6 Å². The molecule has 0 spiro atoms. The van der Waals surface area contributed by atoms with Gasteiger partial charge in [-0.2, -0.15) is 0 Å². The van der Waals surface area contributed by atoms with E-state index < -0.39 is 0 Å². The minimum Gasteiger partial charge on any atom is -0.368 e. The molecular weight excluding hydrogens is 314 g/mol. The van der Waals surface area contributed by atoms with E-state index in [9.17, 15) is 4.79 Å². The molecule has 0 aliphatic carbocycles. The molecule has 0 bridgehead atoms. The highest BCUT2D eigenvalue weighted by Crippen LogP contribution is 2.19.